The smallest absolute Gasteiger partial charge is 0.308 e. The largest absolute Gasteiger partial charge is 0.481 e. The van der Waals surface area contributed by atoms with Gasteiger partial charge in [0.25, 0.3) is 0 Å². The molecule has 0 aromatic heterocycles. The van der Waals surface area contributed by atoms with Gasteiger partial charge in [-0.3, -0.25) is 9.59 Å². The van der Waals surface area contributed by atoms with Gasteiger partial charge < -0.3 is 34.6 Å². The van der Waals surface area contributed by atoms with Crippen molar-refractivity contribution < 1.29 is 44.2 Å². The Morgan fingerprint density at radius 3 is 1.61 bits per heavy atom. The predicted octanol–water partition coefficient (Wildman–Crippen LogP) is 6.04. The van der Waals surface area contributed by atoms with Crippen molar-refractivity contribution in [2.24, 2.45) is 0 Å². The SMILES string of the molecule is CCCCCCCCCC[C@@H](CC(=O)O)OC(=O)C[C@H](CCCCCCCCCC)O[C@@H]1O[C@@H](C)[C@H](O)[C@@H](O)[C@H]1O. The molecule has 9 heteroatoms. The van der Waals surface area contributed by atoms with Gasteiger partial charge in [0.05, 0.1) is 25.0 Å². The first-order valence-electron chi connectivity index (χ1n) is 16.5. The molecule has 0 saturated carbocycles. The quantitative estimate of drug-likeness (QED) is 0.0741. The molecule has 0 amide bonds. The van der Waals surface area contributed by atoms with Gasteiger partial charge in [0, 0.05) is 0 Å². The second kappa shape index (κ2) is 23.2. The lowest BCUT2D eigenvalue weighted by molar-refractivity contribution is -0.304. The van der Waals surface area contributed by atoms with Gasteiger partial charge in [-0.05, 0) is 26.2 Å². The van der Waals surface area contributed by atoms with E-state index in [4.69, 9.17) is 14.2 Å². The first-order valence-corrected chi connectivity index (χ1v) is 16.5. The van der Waals surface area contributed by atoms with E-state index in [9.17, 15) is 30.0 Å². The van der Waals surface area contributed by atoms with Gasteiger partial charge in [-0.2, -0.15) is 0 Å². The van der Waals surface area contributed by atoms with Crippen LogP contribution in [0.15, 0.2) is 0 Å². The summed E-state index contributed by atoms with van der Waals surface area (Å²) in [5.41, 5.74) is 0. The summed E-state index contributed by atoms with van der Waals surface area (Å²) < 4.78 is 17.2. The first kappa shape index (κ1) is 37.8. The number of esters is 1. The summed E-state index contributed by atoms with van der Waals surface area (Å²) in [6.45, 7) is 5.97. The molecule has 4 N–H and O–H groups in total. The maximum Gasteiger partial charge on any atom is 0.308 e. The minimum Gasteiger partial charge on any atom is -0.481 e. The van der Waals surface area contributed by atoms with Crippen molar-refractivity contribution in [3.05, 3.63) is 0 Å². The number of hydrogen-bond donors (Lipinski definition) is 4. The summed E-state index contributed by atoms with van der Waals surface area (Å²) in [5, 5.41) is 40.0. The first-order chi connectivity index (χ1) is 19.7. The van der Waals surface area contributed by atoms with Crippen molar-refractivity contribution in [1.82, 2.24) is 0 Å². The summed E-state index contributed by atoms with van der Waals surface area (Å²) in [5.74, 6) is -1.55. The van der Waals surface area contributed by atoms with E-state index >= 15 is 0 Å². The van der Waals surface area contributed by atoms with Gasteiger partial charge in [-0.15, -0.1) is 0 Å². The summed E-state index contributed by atoms with van der Waals surface area (Å²) in [4.78, 5) is 24.3. The van der Waals surface area contributed by atoms with Gasteiger partial charge in [-0.25, -0.2) is 0 Å². The van der Waals surface area contributed by atoms with E-state index in [-0.39, 0.29) is 12.8 Å². The van der Waals surface area contributed by atoms with Crippen LogP contribution in [0.5, 0.6) is 0 Å². The third kappa shape index (κ3) is 17.5. The van der Waals surface area contributed by atoms with E-state index in [0.29, 0.717) is 12.8 Å². The molecule has 1 aliphatic heterocycles. The number of aliphatic hydroxyl groups excluding tert-OH is 3. The van der Waals surface area contributed by atoms with E-state index in [2.05, 4.69) is 13.8 Å². The molecule has 1 heterocycles. The maximum atomic E-state index is 12.9. The number of unbranched alkanes of at least 4 members (excludes halogenated alkanes) is 14. The lowest BCUT2D eigenvalue weighted by atomic mass is 9.99. The van der Waals surface area contributed by atoms with E-state index in [1.165, 1.54) is 57.8 Å². The van der Waals surface area contributed by atoms with Crippen LogP contribution >= 0.6 is 0 Å². The van der Waals surface area contributed by atoms with Gasteiger partial charge in [-0.1, -0.05) is 110 Å². The van der Waals surface area contributed by atoms with Crippen LogP contribution in [0.1, 0.15) is 149 Å². The minimum absolute atomic E-state index is 0.107. The highest BCUT2D eigenvalue weighted by atomic mass is 16.7. The molecule has 0 aliphatic carbocycles. The van der Waals surface area contributed by atoms with Crippen molar-refractivity contribution in [3.8, 4) is 0 Å². The molecule has 1 fully saturated rings. The zero-order chi connectivity index (χ0) is 30.5. The Morgan fingerprint density at radius 1 is 0.659 bits per heavy atom. The highest BCUT2D eigenvalue weighted by Gasteiger charge is 2.43. The topological polar surface area (TPSA) is 143 Å². The summed E-state index contributed by atoms with van der Waals surface area (Å²) in [6, 6.07) is 0. The Morgan fingerprint density at radius 2 is 1.12 bits per heavy atom. The molecule has 41 heavy (non-hydrogen) atoms. The van der Waals surface area contributed by atoms with Gasteiger partial charge in [0.2, 0.25) is 0 Å². The van der Waals surface area contributed by atoms with Crippen LogP contribution in [0.3, 0.4) is 0 Å². The summed E-state index contributed by atoms with van der Waals surface area (Å²) in [7, 11) is 0. The highest BCUT2D eigenvalue weighted by molar-refractivity contribution is 5.72. The zero-order valence-electron chi connectivity index (χ0n) is 26.0. The maximum absolute atomic E-state index is 12.9. The second-order valence-corrected chi connectivity index (χ2v) is 11.9. The van der Waals surface area contributed by atoms with Crippen molar-refractivity contribution in [3.63, 3.8) is 0 Å². The number of carbonyl (C=O) groups excluding carboxylic acids is 1. The van der Waals surface area contributed by atoms with E-state index in [1.54, 1.807) is 6.92 Å². The van der Waals surface area contributed by atoms with Crippen molar-refractivity contribution in [2.75, 3.05) is 0 Å². The molecule has 9 nitrogen and oxygen atoms in total. The van der Waals surface area contributed by atoms with Crippen LogP contribution in [0.4, 0.5) is 0 Å². The van der Waals surface area contributed by atoms with Crippen LogP contribution in [0, 0.1) is 0 Å². The number of carboxylic acid groups (broad SMARTS) is 1. The Labute approximate surface area is 248 Å². The fraction of sp³-hybridized carbons (Fsp3) is 0.938. The van der Waals surface area contributed by atoms with Gasteiger partial charge >= 0.3 is 11.9 Å². The zero-order valence-corrected chi connectivity index (χ0v) is 26.0. The Bertz CT molecular complexity index is 674. The van der Waals surface area contributed by atoms with Crippen molar-refractivity contribution >= 4 is 11.9 Å². The average Bonchev–Trinajstić information content (AvgIpc) is 2.92. The molecule has 0 spiro atoms. The molecule has 1 aliphatic rings. The molecule has 0 radical (unpaired) electrons. The lowest BCUT2D eigenvalue weighted by Gasteiger charge is -2.40. The Kier molecular flexibility index (Phi) is 21.4. The summed E-state index contributed by atoms with van der Waals surface area (Å²) in [6.07, 6.45) is 11.2. The number of carbonyl (C=O) groups is 2. The molecule has 0 unspecified atom stereocenters. The second-order valence-electron chi connectivity index (χ2n) is 11.9. The molecule has 0 bridgehead atoms. The van der Waals surface area contributed by atoms with Crippen LogP contribution in [-0.4, -0.2) is 75.3 Å². The van der Waals surface area contributed by atoms with Crippen LogP contribution < -0.4 is 0 Å². The number of aliphatic hydroxyl groups is 3. The standard InChI is InChI=1S/C32H60O9/c1-4-6-8-10-12-14-16-18-20-25(22-27(33)34)40-28(35)23-26(21-19-17-15-13-11-9-7-5-2)41-32-31(38)30(37)29(36)24(3)39-32/h24-26,29-32,36-38H,4-23H2,1-3H3,(H,33,34)/t24-,25-,26-,29-,30+,31+,32-/m0/s1. The fourth-order valence-corrected chi connectivity index (χ4v) is 5.36. The molecular formula is C32H60O9. The molecule has 7 atom stereocenters. The summed E-state index contributed by atoms with van der Waals surface area (Å²) >= 11 is 0. The highest BCUT2D eigenvalue weighted by Crippen LogP contribution is 2.25. The molecule has 0 aromatic rings. The number of rotatable bonds is 25. The van der Waals surface area contributed by atoms with Crippen molar-refractivity contribution in [2.45, 2.75) is 192 Å². The monoisotopic (exact) mass is 588 g/mol. The normalized spacial score (nSPS) is 24.2. The van der Waals surface area contributed by atoms with Gasteiger partial charge in [0.1, 0.15) is 24.4 Å². The molecule has 0 aromatic carbocycles. The number of hydrogen-bond acceptors (Lipinski definition) is 8. The molecular weight excluding hydrogens is 528 g/mol. The molecule has 242 valence electrons. The Hall–Kier alpha value is -1.26. The average molecular weight is 589 g/mol. The Balaban J connectivity index is 2.64. The van der Waals surface area contributed by atoms with Crippen LogP contribution in [-0.2, 0) is 23.8 Å². The lowest BCUT2D eigenvalue weighted by Crippen LogP contribution is -2.58. The number of ether oxygens (including phenoxy) is 3. The van der Waals surface area contributed by atoms with Crippen molar-refractivity contribution in [1.29, 1.82) is 0 Å². The van der Waals surface area contributed by atoms with E-state index in [1.807, 2.05) is 0 Å². The van der Waals surface area contributed by atoms with E-state index in [0.717, 1.165) is 44.9 Å². The number of carboxylic acids is 1. The fourth-order valence-electron chi connectivity index (χ4n) is 5.36. The molecule has 1 saturated heterocycles. The predicted molar refractivity (Wildman–Crippen MR) is 158 cm³/mol. The van der Waals surface area contributed by atoms with Gasteiger partial charge in [0.15, 0.2) is 6.29 Å². The van der Waals surface area contributed by atoms with Crippen LogP contribution in [0.2, 0.25) is 0 Å². The van der Waals surface area contributed by atoms with E-state index < -0.39 is 54.9 Å². The third-order valence-electron chi connectivity index (χ3n) is 7.99. The number of aliphatic carboxylic acids is 1. The minimum atomic E-state index is -1.46. The third-order valence-corrected chi connectivity index (χ3v) is 7.99. The van der Waals surface area contributed by atoms with Crippen LogP contribution in [0.25, 0.3) is 0 Å². The molecule has 1 rings (SSSR count).